The zero-order chi connectivity index (χ0) is 17.9. The van der Waals surface area contributed by atoms with Crippen molar-refractivity contribution in [3.63, 3.8) is 0 Å². The molecular weight excluding hydrogens is 326 g/mol. The van der Waals surface area contributed by atoms with Crippen molar-refractivity contribution in [3.8, 4) is 0 Å². The van der Waals surface area contributed by atoms with Crippen LogP contribution < -0.4 is 5.32 Å². The highest BCUT2D eigenvalue weighted by molar-refractivity contribution is 7.07. The van der Waals surface area contributed by atoms with Crippen molar-refractivity contribution in [3.05, 3.63) is 22.4 Å². The van der Waals surface area contributed by atoms with Crippen LogP contribution in [0.25, 0.3) is 0 Å². The second-order valence-electron chi connectivity index (χ2n) is 6.97. The summed E-state index contributed by atoms with van der Waals surface area (Å²) in [6.07, 6.45) is 1.41. The van der Waals surface area contributed by atoms with Crippen molar-refractivity contribution < 1.29 is 14.4 Å². The lowest BCUT2D eigenvalue weighted by Gasteiger charge is -2.23. The summed E-state index contributed by atoms with van der Waals surface area (Å²) in [7, 11) is 1.68. The SMILES string of the molecule is CC(C)CC[C@@]1(C)NC(=O)N(CC(=O)N(C)Cc2ccsc2)C1=O. The Hall–Kier alpha value is -1.89. The van der Waals surface area contributed by atoms with Crippen LogP contribution in [0.2, 0.25) is 0 Å². The number of nitrogens with one attached hydrogen (secondary N) is 1. The lowest BCUT2D eigenvalue weighted by molar-refractivity contribution is -0.138. The molecule has 0 saturated carbocycles. The molecule has 1 aromatic rings. The highest BCUT2D eigenvalue weighted by Gasteiger charge is 2.48. The van der Waals surface area contributed by atoms with Gasteiger partial charge in [-0.1, -0.05) is 13.8 Å². The molecule has 2 rings (SSSR count). The molecule has 1 saturated heterocycles. The third-order valence-electron chi connectivity index (χ3n) is 4.29. The molecule has 1 aliphatic rings. The minimum absolute atomic E-state index is 0.220. The van der Waals surface area contributed by atoms with E-state index in [1.807, 2.05) is 16.8 Å². The van der Waals surface area contributed by atoms with Gasteiger partial charge in [-0.3, -0.25) is 14.5 Å². The van der Waals surface area contributed by atoms with Gasteiger partial charge < -0.3 is 10.2 Å². The Balaban J connectivity index is 1.97. The Morgan fingerprint density at radius 2 is 2.12 bits per heavy atom. The Morgan fingerprint density at radius 3 is 2.71 bits per heavy atom. The Morgan fingerprint density at radius 1 is 1.42 bits per heavy atom. The van der Waals surface area contributed by atoms with Gasteiger partial charge in [0.2, 0.25) is 5.91 Å². The van der Waals surface area contributed by atoms with E-state index in [9.17, 15) is 14.4 Å². The number of urea groups is 1. The molecule has 2 heterocycles. The maximum absolute atomic E-state index is 12.6. The van der Waals surface area contributed by atoms with Crippen LogP contribution in [0.15, 0.2) is 16.8 Å². The van der Waals surface area contributed by atoms with E-state index in [2.05, 4.69) is 19.2 Å². The lowest BCUT2D eigenvalue weighted by atomic mass is 9.92. The minimum atomic E-state index is -0.909. The van der Waals surface area contributed by atoms with Gasteiger partial charge in [0, 0.05) is 13.6 Å². The van der Waals surface area contributed by atoms with E-state index in [4.69, 9.17) is 0 Å². The number of nitrogens with zero attached hydrogens (tertiary/aromatic N) is 2. The van der Waals surface area contributed by atoms with Gasteiger partial charge in [-0.25, -0.2) is 4.79 Å². The van der Waals surface area contributed by atoms with E-state index in [1.165, 1.54) is 4.90 Å². The number of rotatable bonds is 7. The Kier molecular flexibility index (Phi) is 5.64. The first kappa shape index (κ1) is 18.4. The van der Waals surface area contributed by atoms with Crippen LogP contribution in [0.3, 0.4) is 0 Å². The Bertz CT molecular complexity index is 615. The number of carbonyl (C=O) groups excluding carboxylic acids is 3. The second kappa shape index (κ2) is 7.34. The van der Waals surface area contributed by atoms with Crippen molar-refractivity contribution in [1.82, 2.24) is 15.1 Å². The minimum Gasteiger partial charge on any atom is -0.340 e. The fourth-order valence-electron chi connectivity index (χ4n) is 2.64. The number of hydrogen-bond donors (Lipinski definition) is 1. The summed E-state index contributed by atoms with van der Waals surface area (Å²) in [4.78, 5) is 39.7. The molecule has 1 atom stereocenters. The summed E-state index contributed by atoms with van der Waals surface area (Å²) in [5, 5.41) is 6.67. The number of hydrogen-bond acceptors (Lipinski definition) is 4. The van der Waals surface area contributed by atoms with Crippen LogP contribution in [0.4, 0.5) is 4.79 Å². The van der Waals surface area contributed by atoms with Crippen LogP contribution >= 0.6 is 11.3 Å². The summed E-state index contributed by atoms with van der Waals surface area (Å²) < 4.78 is 0. The Labute approximate surface area is 146 Å². The molecule has 1 aliphatic heterocycles. The summed E-state index contributed by atoms with van der Waals surface area (Å²) in [6, 6.07) is 1.47. The number of imide groups is 1. The van der Waals surface area contributed by atoms with Crippen LogP contribution in [0.1, 0.15) is 39.2 Å². The summed E-state index contributed by atoms with van der Waals surface area (Å²) in [6.45, 7) is 6.13. The maximum atomic E-state index is 12.6. The molecule has 0 aromatic carbocycles. The van der Waals surface area contributed by atoms with E-state index in [1.54, 1.807) is 25.3 Å². The average Bonchev–Trinajstić information content (AvgIpc) is 3.08. The molecule has 0 bridgehead atoms. The van der Waals surface area contributed by atoms with Crippen molar-refractivity contribution >= 4 is 29.2 Å². The van der Waals surface area contributed by atoms with Crippen molar-refractivity contribution in [2.24, 2.45) is 5.92 Å². The van der Waals surface area contributed by atoms with E-state index in [0.717, 1.165) is 16.9 Å². The molecular formula is C17H25N3O3S. The maximum Gasteiger partial charge on any atom is 0.325 e. The van der Waals surface area contributed by atoms with E-state index in [-0.39, 0.29) is 18.4 Å². The first-order valence-electron chi connectivity index (χ1n) is 8.12. The van der Waals surface area contributed by atoms with Gasteiger partial charge in [0.25, 0.3) is 5.91 Å². The number of carbonyl (C=O) groups is 3. The smallest absolute Gasteiger partial charge is 0.325 e. The highest BCUT2D eigenvalue weighted by atomic mass is 32.1. The van der Waals surface area contributed by atoms with E-state index < -0.39 is 11.6 Å². The molecule has 7 heteroatoms. The fraction of sp³-hybridized carbons (Fsp3) is 0.588. The van der Waals surface area contributed by atoms with Gasteiger partial charge in [-0.05, 0) is 48.1 Å². The van der Waals surface area contributed by atoms with Crippen molar-refractivity contribution in [1.29, 1.82) is 0 Å². The van der Waals surface area contributed by atoms with Gasteiger partial charge in [0.05, 0.1) is 0 Å². The highest BCUT2D eigenvalue weighted by Crippen LogP contribution is 2.24. The zero-order valence-corrected chi connectivity index (χ0v) is 15.5. The van der Waals surface area contributed by atoms with Crippen molar-refractivity contribution in [2.45, 2.75) is 45.7 Å². The standard InChI is InChI=1S/C17H25N3O3S/c1-12(2)5-7-17(3)15(22)20(16(23)18-17)10-14(21)19(4)9-13-6-8-24-11-13/h6,8,11-12H,5,7,9-10H2,1-4H3,(H,18,23)/t17-/m1/s1. The third-order valence-corrected chi connectivity index (χ3v) is 5.02. The molecule has 0 aliphatic carbocycles. The van der Waals surface area contributed by atoms with Crippen molar-refractivity contribution in [2.75, 3.05) is 13.6 Å². The van der Waals surface area contributed by atoms with Crippen LogP contribution in [0, 0.1) is 5.92 Å². The predicted molar refractivity (Wildman–Crippen MR) is 93.5 cm³/mol. The molecule has 1 fully saturated rings. The topological polar surface area (TPSA) is 69.7 Å². The molecule has 1 N–H and O–H groups in total. The third kappa shape index (κ3) is 4.14. The fourth-order valence-corrected chi connectivity index (χ4v) is 3.30. The van der Waals surface area contributed by atoms with Gasteiger partial charge >= 0.3 is 6.03 Å². The normalized spacial score (nSPS) is 20.6. The average molecular weight is 351 g/mol. The van der Waals surface area contributed by atoms with E-state index in [0.29, 0.717) is 18.9 Å². The van der Waals surface area contributed by atoms with E-state index >= 15 is 0 Å². The van der Waals surface area contributed by atoms with Gasteiger partial charge in [0.1, 0.15) is 12.1 Å². The molecule has 24 heavy (non-hydrogen) atoms. The summed E-state index contributed by atoms with van der Waals surface area (Å²) in [5.41, 5.74) is 0.128. The molecule has 1 aromatic heterocycles. The summed E-state index contributed by atoms with van der Waals surface area (Å²) in [5.74, 6) is -0.123. The van der Waals surface area contributed by atoms with Crippen LogP contribution in [-0.4, -0.2) is 46.8 Å². The quantitative estimate of drug-likeness (QED) is 0.767. The van der Waals surface area contributed by atoms with Crippen LogP contribution in [0.5, 0.6) is 0 Å². The molecule has 6 nitrogen and oxygen atoms in total. The molecule has 0 radical (unpaired) electrons. The molecule has 132 valence electrons. The van der Waals surface area contributed by atoms with Gasteiger partial charge in [-0.2, -0.15) is 11.3 Å². The largest absolute Gasteiger partial charge is 0.340 e. The predicted octanol–water partition coefficient (Wildman–Crippen LogP) is 2.45. The number of thiophene rings is 1. The molecule has 0 spiro atoms. The van der Waals surface area contributed by atoms with Gasteiger partial charge in [0.15, 0.2) is 0 Å². The monoisotopic (exact) mass is 351 g/mol. The summed E-state index contributed by atoms with van der Waals surface area (Å²) >= 11 is 1.57. The molecule has 4 amide bonds. The van der Waals surface area contributed by atoms with Gasteiger partial charge in [-0.15, -0.1) is 0 Å². The number of likely N-dealkylation sites (N-methyl/N-ethyl adjacent to an activating group) is 1. The second-order valence-corrected chi connectivity index (χ2v) is 7.75. The first-order valence-corrected chi connectivity index (χ1v) is 9.06. The first-order chi connectivity index (χ1) is 11.2. The lowest BCUT2D eigenvalue weighted by Crippen LogP contribution is -2.45. The molecule has 0 unspecified atom stereocenters. The zero-order valence-electron chi connectivity index (χ0n) is 14.7. The van der Waals surface area contributed by atoms with Crippen LogP contribution in [-0.2, 0) is 16.1 Å². The number of amides is 4.